The summed E-state index contributed by atoms with van der Waals surface area (Å²) in [6, 6.07) is 10.8. The van der Waals surface area contributed by atoms with Gasteiger partial charge < -0.3 is 9.47 Å². The van der Waals surface area contributed by atoms with E-state index >= 15 is 0 Å². The van der Waals surface area contributed by atoms with Gasteiger partial charge in [0.15, 0.2) is 0 Å². The van der Waals surface area contributed by atoms with Crippen LogP contribution in [0.4, 0.5) is 5.69 Å². The Bertz CT molecular complexity index is 1250. The number of rotatable bonds is 14. The molecule has 1 aromatic heterocycles. The van der Waals surface area contributed by atoms with Crippen molar-refractivity contribution in [1.29, 1.82) is 0 Å². The fourth-order valence-corrected chi connectivity index (χ4v) is 6.81. The van der Waals surface area contributed by atoms with Crippen molar-refractivity contribution in [2.45, 2.75) is 56.5 Å². The standard InChI is InChI=1S/C27H33Cl3N4O2S/c1-21(4-2-14-32(19-22-5-6-22)15-3-16-33-17-13-31-20-33)34(27-18-24(29)9-12-26(27)30)37(35,36)25-10-7-23(28)8-11-25/h7-13,17-18,20-22H,2-6,14-16,19H2,1H3/t21-/m1/s1. The summed E-state index contributed by atoms with van der Waals surface area (Å²) in [5.41, 5.74) is 0.381. The Labute approximate surface area is 235 Å². The van der Waals surface area contributed by atoms with Gasteiger partial charge in [0.2, 0.25) is 0 Å². The molecule has 0 spiro atoms. The summed E-state index contributed by atoms with van der Waals surface area (Å²) in [7, 11) is -3.90. The lowest BCUT2D eigenvalue weighted by molar-refractivity contribution is 0.248. The lowest BCUT2D eigenvalue weighted by Gasteiger charge is -2.32. The highest BCUT2D eigenvalue weighted by molar-refractivity contribution is 7.92. The average Bonchev–Trinajstić information content (AvgIpc) is 3.52. The molecule has 0 saturated heterocycles. The first-order chi connectivity index (χ1) is 17.7. The number of hydrogen-bond donors (Lipinski definition) is 0. The third-order valence-electron chi connectivity index (χ3n) is 6.68. The Kier molecular flexibility index (Phi) is 9.81. The van der Waals surface area contributed by atoms with Gasteiger partial charge in [0.25, 0.3) is 10.0 Å². The van der Waals surface area contributed by atoms with Crippen LogP contribution in [0.2, 0.25) is 15.1 Å². The number of nitrogens with zero attached hydrogens (tertiary/aromatic N) is 4. The van der Waals surface area contributed by atoms with Crippen LogP contribution in [0.1, 0.15) is 39.0 Å². The molecule has 1 aliphatic carbocycles. The molecule has 1 heterocycles. The predicted molar refractivity (Wildman–Crippen MR) is 152 cm³/mol. The topological polar surface area (TPSA) is 58.4 Å². The highest BCUT2D eigenvalue weighted by Crippen LogP contribution is 2.36. The second-order valence-electron chi connectivity index (χ2n) is 9.74. The first-order valence-corrected chi connectivity index (χ1v) is 15.2. The van der Waals surface area contributed by atoms with Crippen LogP contribution in [-0.2, 0) is 16.6 Å². The number of imidazole rings is 1. The molecule has 0 aliphatic heterocycles. The third kappa shape index (κ3) is 7.87. The van der Waals surface area contributed by atoms with E-state index < -0.39 is 10.0 Å². The highest BCUT2D eigenvalue weighted by atomic mass is 35.5. The summed E-state index contributed by atoms with van der Waals surface area (Å²) in [6.07, 6.45) is 10.8. The minimum Gasteiger partial charge on any atom is -0.337 e. The molecule has 3 aromatic rings. The second kappa shape index (κ2) is 12.9. The maximum atomic E-state index is 13.8. The Morgan fingerprint density at radius 2 is 1.73 bits per heavy atom. The van der Waals surface area contributed by atoms with Crippen molar-refractivity contribution in [3.63, 3.8) is 0 Å². The zero-order valence-corrected chi connectivity index (χ0v) is 24.0. The summed E-state index contributed by atoms with van der Waals surface area (Å²) >= 11 is 18.8. The maximum absolute atomic E-state index is 13.8. The number of hydrogen-bond acceptors (Lipinski definition) is 4. The Balaban J connectivity index is 1.46. The van der Waals surface area contributed by atoms with E-state index in [1.54, 1.807) is 36.5 Å². The van der Waals surface area contributed by atoms with Crippen molar-refractivity contribution in [2.24, 2.45) is 5.92 Å². The molecule has 10 heteroatoms. The number of anilines is 1. The van der Waals surface area contributed by atoms with Crippen LogP contribution in [-0.4, -0.2) is 48.5 Å². The molecular formula is C27H33Cl3N4O2S. The summed E-state index contributed by atoms with van der Waals surface area (Å²) in [6.45, 7) is 5.90. The Morgan fingerprint density at radius 1 is 1.03 bits per heavy atom. The number of aryl methyl sites for hydroxylation is 1. The van der Waals surface area contributed by atoms with Crippen molar-refractivity contribution >= 4 is 50.5 Å². The fraction of sp³-hybridized carbons (Fsp3) is 0.444. The van der Waals surface area contributed by atoms with E-state index in [-0.39, 0.29) is 10.9 Å². The Morgan fingerprint density at radius 3 is 2.41 bits per heavy atom. The van der Waals surface area contributed by atoms with E-state index in [0.717, 1.165) is 44.9 Å². The summed E-state index contributed by atoms with van der Waals surface area (Å²) in [5, 5.41) is 1.24. The molecule has 1 aliphatic rings. The van der Waals surface area contributed by atoms with Crippen molar-refractivity contribution in [2.75, 3.05) is 23.9 Å². The molecule has 4 rings (SSSR count). The van der Waals surface area contributed by atoms with Crippen LogP contribution in [0.5, 0.6) is 0 Å². The SMILES string of the molecule is C[C@H](CCCN(CCCn1ccnc1)CC1CC1)N(c1cc(Cl)ccc1Cl)S(=O)(=O)c1ccc(Cl)cc1. The van der Waals surface area contributed by atoms with Gasteiger partial charge in [-0.25, -0.2) is 13.4 Å². The molecule has 0 N–H and O–H groups in total. The van der Waals surface area contributed by atoms with E-state index in [2.05, 4.69) is 14.5 Å². The van der Waals surface area contributed by atoms with Gasteiger partial charge in [-0.2, -0.15) is 0 Å². The van der Waals surface area contributed by atoms with E-state index in [0.29, 0.717) is 27.2 Å². The van der Waals surface area contributed by atoms with Crippen LogP contribution in [0.3, 0.4) is 0 Å². The summed E-state index contributed by atoms with van der Waals surface area (Å²) < 4.78 is 31.1. The largest absolute Gasteiger partial charge is 0.337 e. The molecule has 0 bridgehead atoms. The number of halogens is 3. The van der Waals surface area contributed by atoms with Crippen LogP contribution in [0.15, 0.2) is 66.1 Å². The molecule has 0 unspecified atom stereocenters. The van der Waals surface area contributed by atoms with Gasteiger partial charge >= 0.3 is 0 Å². The average molecular weight is 584 g/mol. The monoisotopic (exact) mass is 582 g/mol. The minimum atomic E-state index is -3.90. The van der Waals surface area contributed by atoms with Crippen LogP contribution >= 0.6 is 34.8 Å². The molecule has 1 atom stereocenters. The zero-order chi connectivity index (χ0) is 26.4. The van der Waals surface area contributed by atoms with E-state index in [4.69, 9.17) is 34.8 Å². The highest BCUT2D eigenvalue weighted by Gasteiger charge is 2.31. The second-order valence-corrected chi connectivity index (χ2v) is 12.8. The first-order valence-electron chi connectivity index (χ1n) is 12.7. The van der Waals surface area contributed by atoms with E-state index in [1.165, 1.54) is 29.3 Å². The zero-order valence-electron chi connectivity index (χ0n) is 20.9. The molecule has 0 radical (unpaired) electrons. The van der Waals surface area contributed by atoms with Crippen molar-refractivity contribution in [3.05, 3.63) is 76.3 Å². The van der Waals surface area contributed by atoms with Crippen LogP contribution in [0.25, 0.3) is 0 Å². The van der Waals surface area contributed by atoms with Crippen LogP contribution in [0, 0.1) is 5.92 Å². The number of aromatic nitrogens is 2. The molecule has 200 valence electrons. The fourth-order valence-electron chi connectivity index (χ4n) is 4.56. The number of sulfonamides is 1. The van der Waals surface area contributed by atoms with Gasteiger partial charge in [-0.1, -0.05) is 34.8 Å². The molecule has 37 heavy (non-hydrogen) atoms. The van der Waals surface area contributed by atoms with Gasteiger partial charge in [-0.05, 0) is 100 Å². The van der Waals surface area contributed by atoms with Crippen molar-refractivity contribution in [1.82, 2.24) is 14.5 Å². The molecule has 0 amide bonds. The van der Waals surface area contributed by atoms with Gasteiger partial charge in [0.1, 0.15) is 0 Å². The van der Waals surface area contributed by atoms with Crippen LogP contribution < -0.4 is 4.31 Å². The molecule has 1 fully saturated rings. The smallest absolute Gasteiger partial charge is 0.264 e. The molecule has 1 saturated carbocycles. The summed E-state index contributed by atoms with van der Waals surface area (Å²) in [5.74, 6) is 0.790. The lowest BCUT2D eigenvalue weighted by atomic mass is 10.1. The normalized spacial score (nSPS) is 14.7. The molecular weight excluding hydrogens is 551 g/mol. The minimum absolute atomic E-state index is 0.162. The third-order valence-corrected chi connectivity index (χ3v) is 9.42. The first kappa shape index (κ1) is 28.2. The van der Waals surface area contributed by atoms with Crippen molar-refractivity contribution < 1.29 is 8.42 Å². The van der Waals surface area contributed by atoms with Crippen molar-refractivity contribution in [3.8, 4) is 0 Å². The molecule has 2 aromatic carbocycles. The number of benzene rings is 2. The molecule has 6 nitrogen and oxygen atoms in total. The van der Waals surface area contributed by atoms with Gasteiger partial charge in [0, 0.05) is 41.6 Å². The quantitative estimate of drug-likeness (QED) is 0.205. The maximum Gasteiger partial charge on any atom is 0.264 e. The lowest BCUT2D eigenvalue weighted by Crippen LogP contribution is -2.39. The van der Waals surface area contributed by atoms with Gasteiger partial charge in [-0.15, -0.1) is 0 Å². The van der Waals surface area contributed by atoms with Gasteiger partial charge in [-0.3, -0.25) is 4.31 Å². The van der Waals surface area contributed by atoms with E-state index in [1.807, 2.05) is 19.4 Å². The summed E-state index contributed by atoms with van der Waals surface area (Å²) in [4.78, 5) is 6.80. The van der Waals surface area contributed by atoms with E-state index in [9.17, 15) is 8.42 Å². The predicted octanol–water partition coefficient (Wildman–Crippen LogP) is 7.01. The Hall–Kier alpha value is -1.77. The van der Waals surface area contributed by atoms with Gasteiger partial charge in [0.05, 0.1) is 21.9 Å².